The molecule has 0 aliphatic heterocycles. The average molecular weight is 645 g/mol. The number of rotatable bonds is 4. The van der Waals surface area contributed by atoms with Crippen molar-refractivity contribution in [3.8, 4) is 56.6 Å². The summed E-state index contributed by atoms with van der Waals surface area (Å²) >= 11 is 3.61. The molecule has 0 amide bonds. The Morgan fingerprint density at radius 1 is 0.354 bits per heavy atom. The lowest BCUT2D eigenvalue weighted by Crippen LogP contribution is -1.93. The van der Waals surface area contributed by atoms with Crippen LogP contribution in [0.25, 0.3) is 84.9 Å². The second-order valence-corrected chi connectivity index (χ2v) is 14.1. The Kier molecular flexibility index (Phi) is 6.66. The van der Waals surface area contributed by atoms with E-state index in [1.807, 2.05) is 47.7 Å². The maximum atomic E-state index is 10.8. The van der Waals surface area contributed by atoms with Crippen molar-refractivity contribution in [1.82, 2.24) is 0 Å². The third-order valence-corrected chi connectivity index (χ3v) is 11.5. The molecule has 0 bridgehead atoms. The third kappa shape index (κ3) is 4.59. The first-order chi connectivity index (χ1) is 23.7. The van der Waals surface area contributed by atoms with E-state index >= 15 is 0 Å². The second kappa shape index (κ2) is 11.3. The van der Waals surface area contributed by atoms with Gasteiger partial charge in [-0.15, -0.1) is 22.7 Å². The topological polar surface area (TPSA) is 47.6 Å². The van der Waals surface area contributed by atoms with Gasteiger partial charge in [-0.2, -0.15) is 10.5 Å². The van der Waals surface area contributed by atoms with Gasteiger partial charge in [0.15, 0.2) is 0 Å². The Hall–Kier alpha value is -6.04. The first kappa shape index (κ1) is 28.2. The molecule has 0 N–H and O–H groups in total. The van der Waals surface area contributed by atoms with Crippen LogP contribution in [0.15, 0.2) is 146 Å². The molecule has 4 heteroatoms. The first-order valence-electron chi connectivity index (χ1n) is 15.7. The van der Waals surface area contributed by atoms with E-state index in [1.165, 1.54) is 40.3 Å². The van der Waals surface area contributed by atoms with E-state index in [1.54, 1.807) is 11.3 Å². The minimum absolute atomic E-state index is 0.639. The molecule has 0 aliphatic rings. The molecule has 0 fully saturated rings. The maximum absolute atomic E-state index is 10.8. The van der Waals surface area contributed by atoms with Gasteiger partial charge in [0.25, 0.3) is 0 Å². The van der Waals surface area contributed by atoms with E-state index < -0.39 is 0 Å². The first-order valence-corrected chi connectivity index (χ1v) is 17.3. The number of hydrogen-bond donors (Lipinski definition) is 0. The summed E-state index contributed by atoms with van der Waals surface area (Å²) in [5.74, 6) is 0. The monoisotopic (exact) mass is 644 g/mol. The molecule has 2 heterocycles. The van der Waals surface area contributed by atoms with Crippen molar-refractivity contribution in [2.75, 3.05) is 0 Å². The van der Waals surface area contributed by atoms with E-state index in [4.69, 9.17) is 0 Å². The molecular formula is C44H24N2S2. The Balaban J connectivity index is 1.27. The highest BCUT2D eigenvalue weighted by atomic mass is 32.1. The summed E-state index contributed by atoms with van der Waals surface area (Å²) in [6.07, 6.45) is 0. The van der Waals surface area contributed by atoms with Crippen LogP contribution in [0.4, 0.5) is 0 Å². The SMILES string of the molecule is N#Cc1ccccc1-c1ccc(-c2cc(-c3ccc4sc5ccccc5c4c3)cc(-c3ccc4sc5ccccc5c4c3)c2C#N)cc1. The molecule has 0 atom stereocenters. The van der Waals surface area contributed by atoms with Crippen LogP contribution in [-0.2, 0) is 0 Å². The zero-order chi connectivity index (χ0) is 32.2. The van der Waals surface area contributed by atoms with Crippen molar-refractivity contribution >= 4 is 63.0 Å². The lowest BCUT2D eigenvalue weighted by molar-refractivity contribution is 1.46. The molecule has 2 aromatic heterocycles. The number of fused-ring (bicyclic) bond motifs is 6. The average Bonchev–Trinajstić information content (AvgIpc) is 3.72. The highest BCUT2D eigenvalue weighted by molar-refractivity contribution is 7.26. The van der Waals surface area contributed by atoms with Gasteiger partial charge in [0.2, 0.25) is 0 Å². The van der Waals surface area contributed by atoms with Gasteiger partial charge in [-0.1, -0.05) is 91.0 Å². The van der Waals surface area contributed by atoms with E-state index in [-0.39, 0.29) is 0 Å². The molecule has 7 aromatic carbocycles. The van der Waals surface area contributed by atoms with E-state index in [9.17, 15) is 10.5 Å². The smallest absolute Gasteiger partial charge is 0.100 e. The molecule has 0 radical (unpaired) electrons. The number of nitrogens with zero attached hydrogens (tertiary/aromatic N) is 2. The van der Waals surface area contributed by atoms with Crippen LogP contribution in [0.2, 0.25) is 0 Å². The van der Waals surface area contributed by atoms with Crippen LogP contribution in [0.5, 0.6) is 0 Å². The summed E-state index contributed by atoms with van der Waals surface area (Å²) in [6.45, 7) is 0. The van der Waals surface area contributed by atoms with Gasteiger partial charge in [0.05, 0.1) is 17.2 Å². The summed E-state index contributed by atoms with van der Waals surface area (Å²) in [5, 5.41) is 25.4. The van der Waals surface area contributed by atoms with Gasteiger partial charge < -0.3 is 0 Å². The van der Waals surface area contributed by atoms with E-state index in [0.29, 0.717) is 11.1 Å². The normalized spacial score (nSPS) is 11.3. The molecule has 222 valence electrons. The van der Waals surface area contributed by atoms with Crippen molar-refractivity contribution < 1.29 is 0 Å². The van der Waals surface area contributed by atoms with Crippen LogP contribution < -0.4 is 0 Å². The van der Waals surface area contributed by atoms with Crippen LogP contribution in [-0.4, -0.2) is 0 Å². The molecule has 48 heavy (non-hydrogen) atoms. The Labute approximate surface area is 285 Å². The number of hydrogen-bond acceptors (Lipinski definition) is 4. The molecule has 2 nitrogen and oxygen atoms in total. The fourth-order valence-corrected chi connectivity index (χ4v) is 9.02. The summed E-state index contributed by atoms with van der Waals surface area (Å²) < 4.78 is 5.03. The lowest BCUT2D eigenvalue weighted by atomic mass is 9.87. The van der Waals surface area contributed by atoms with Gasteiger partial charge in [-0.25, -0.2) is 0 Å². The minimum Gasteiger partial charge on any atom is -0.192 e. The maximum Gasteiger partial charge on any atom is 0.100 e. The van der Waals surface area contributed by atoms with Gasteiger partial charge in [0, 0.05) is 51.5 Å². The fourth-order valence-electron chi connectivity index (χ4n) is 6.85. The van der Waals surface area contributed by atoms with Gasteiger partial charge in [-0.05, 0) is 88.0 Å². The molecule has 0 aliphatic carbocycles. The fraction of sp³-hybridized carbons (Fsp3) is 0. The molecule has 0 unspecified atom stereocenters. The summed E-state index contributed by atoms with van der Waals surface area (Å²) in [6, 6.07) is 55.5. The Morgan fingerprint density at radius 3 is 1.46 bits per heavy atom. The Bertz CT molecular complexity index is 2800. The van der Waals surface area contributed by atoms with Gasteiger partial charge >= 0.3 is 0 Å². The molecule has 0 saturated heterocycles. The van der Waals surface area contributed by atoms with E-state index in [2.05, 4.69) is 121 Å². The number of thiophene rings is 2. The number of nitriles is 2. The predicted octanol–water partition coefficient (Wildman–Crippen LogP) is 12.8. The quantitative estimate of drug-likeness (QED) is 0.191. The zero-order valence-electron chi connectivity index (χ0n) is 25.6. The highest BCUT2D eigenvalue weighted by Gasteiger charge is 2.18. The second-order valence-electron chi connectivity index (χ2n) is 11.9. The predicted molar refractivity (Wildman–Crippen MR) is 203 cm³/mol. The van der Waals surface area contributed by atoms with Crippen LogP contribution >= 0.6 is 22.7 Å². The summed E-state index contributed by atoms with van der Waals surface area (Å²) in [4.78, 5) is 0. The summed E-state index contributed by atoms with van der Waals surface area (Å²) in [5.41, 5.74) is 9.09. The van der Waals surface area contributed by atoms with Crippen molar-refractivity contribution in [1.29, 1.82) is 10.5 Å². The van der Waals surface area contributed by atoms with Crippen molar-refractivity contribution in [2.45, 2.75) is 0 Å². The molecular weight excluding hydrogens is 621 g/mol. The molecule has 9 rings (SSSR count). The largest absolute Gasteiger partial charge is 0.192 e. The Morgan fingerprint density at radius 2 is 0.833 bits per heavy atom. The summed E-state index contributed by atoms with van der Waals surface area (Å²) in [7, 11) is 0. The van der Waals surface area contributed by atoms with Crippen LogP contribution in [0, 0.1) is 22.7 Å². The van der Waals surface area contributed by atoms with Gasteiger partial charge in [-0.3, -0.25) is 0 Å². The zero-order valence-corrected chi connectivity index (χ0v) is 27.2. The molecule has 0 saturated carbocycles. The molecule has 9 aromatic rings. The van der Waals surface area contributed by atoms with E-state index in [0.717, 1.165) is 44.5 Å². The van der Waals surface area contributed by atoms with Crippen LogP contribution in [0.3, 0.4) is 0 Å². The van der Waals surface area contributed by atoms with Crippen LogP contribution in [0.1, 0.15) is 11.1 Å². The number of benzene rings is 7. The standard InChI is InChI=1S/C44H24N2S2/c45-25-31-7-1-2-8-33(31)27-13-15-28(16-14-27)36-23-32(29-17-19-43-38(21-29)34-9-3-5-11-41(34)47-43)24-37(40(36)26-46)30-18-20-44-39(22-30)35-10-4-6-12-42(35)48-44/h1-24H. The minimum atomic E-state index is 0.639. The highest BCUT2D eigenvalue weighted by Crippen LogP contribution is 2.42. The van der Waals surface area contributed by atoms with Crippen molar-refractivity contribution in [3.63, 3.8) is 0 Å². The molecule has 0 spiro atoms. The van der Waals surface area contributed by atoms with Crippen molar-refractivity contribution in [2.24, 2.45) is 0 Å². The lowest BCUT2D eigenvalue weighted by Gasteiger charge is -2.15. The van der Waals surface area contributed by atoms with Gasteiger partial charge in [0.1, 0.15) is 6.07 Å². The third-order valence-electron chi connectivity index (χ3n) is 9.20. The van der Waals surface area contributed by atoms with Crippen molar-refractivity contribution in [3.05, 3.63) is 157 Å².